The number of halogens is 6. The average Bonchev–Trinajstić information content (AvgIpc) is 2.47. The molecule has 0 saturated heterocycles. The molecule has 0 amide bonds. The molecule has 2 nitrogen and oxygen atoms in total. The van der Waals surface area contributed by atoms with Crippen LogP contribution in [-0.2, 0) is 6.18 Å². The number of aromatic amines is 1. The van der Waals surface area contributed by atoms with Crippen LogP contribution in [0.25, 0.3) is 0 Å². The minimum Gasteiger partial charge on any atom is -0.348 e. The topological polar surface area (TPSA) is 32.9 Å². The maximum absolute atomic E-state index is 11.9. The molecule has 15 heavy (non-hydrogen) atoms. The van der Waals surface area contributed by atoms with Crippen LogP contribution in [0.5, 0.6) is 0 Å². The summed E-state index contributed by atoms with van der Waals surface area (Å²) in [7, 11) is 0. The number of hydrogen-bond acceptors (Lipinski definition) is 1. The number of carbonyl (C=O) groups excluding carboxylic acids is 1. The zero-order valence-corrected chi connectivity index (χ0v) is 6.83. The molecule has 0 radical (unpaired) electrons. The lowest BCUT2D eigenvalue weighted by Crippen LogP contribution is -2.23. The first kappa shape index (κ1) is 11.6. The van der Waals surface area contributed by atoms with Gasteiger partial charge in [-0.05, 0) is 12.1 Å². The van der Waals surface area contributed by atoms with E-state index in [1.165, 1.54) is 4.98 Å². The van der Waals surface area contributed by atoms with Crippen LogP contribution in [0.1, 0.15) is 16.2 Å². The fraction of sp³-hybridized carbons (Fsp3) is 0.286. The zero-order valence-electron chi connectivity index (χ0n) is 6.83. The van der Waals surface area contributed by atoms with Gasteiger partial charge in [0.05, 0.1) is 5.69 Å². The van der Waals surface area contributed by atoms with Crippen LogP contribution in [0.3, 0.4) is 0 Å². The Morgan fingerprint density at radius 3 is 1.93 bits per heavy atom. The van der Waals surface area contributed by atoms with Gasteiger partial charge < -0.3 is 4.98 Å². The second-order valence-corrected chi connectivity index (χ2v) is 2.61. The Morgan fingerprint density at radius 2 is 1.60 bits per heavy atom. The molecule has 0 atom stereocenters. The molecule has 1 aromatic rings. The quantitative estimate of drug-likeness (QED) is 0.585. The molecule has 84 valence electrons. The fourth-order valence-electron chi connectivity index (χ4n) is 0.846. The summed E-state index contributed by atoms with van der Waals surface area (Å²) in [4.78, 5) is 11.8. The Balaban J connectivity index is 3.01. The third-order valence-electron chi connectivity index (χ3n) is 1.49. The van der Waals surface area contributed by atoms with Crippen LogP contribution >= 0.6 is 0 Å². The fourth-order valence-corrected chi connectivity index (χ4v) is 0.846. The number of Topliss-reactive ketones (excluding diaryl/α,β-unsaturated/α-hetero) is 1. The third-order valence-corrected chi connectivity index (χ3v) is 1.49. The van der Waals surface area contributed by atoms with Gasteiger partial charge in [0.2, 0.25) is 0 Å². The van der Waals surface area contributed by atoms with Gasteiger partial charge in [0.25, 0.3) is 5.78 Å². The summed E-state index contributed by atoms with van der Waals surface area (Å²) in [5, 5.41) is 0. The summed E-state index contributed by atoms with van der Waals surface area (Å²) in [6.07, 6.45) is -9.99. The van der Waals surface area contributed by atoms with Gasteiger partial charge in [0.15, 0.2) is 0 Å². The van der Waals surface area contributed by atoms with Gasteiger partial charge in [-0.25, -0.2) is 0 Å². The molecule has 0 fully saturated rings. The van der Waals surface area contributed by atoms with Crippen molar-refractivity contribution in [1.82, 2.24) is 4.98 Å². The van der Waals surface area contributed by atoms with Crippen LogP contribution in [0.2, 0.25) is 0 Å². The summed E-state index contributed by atoms with van der Waals surface area (Å²) >= 11 is 0. The van der Waals surface area contributed by atoms with Gasteiger partial charge in [-0.2, -0.15) is 26.3 Å². The lowest BCUT2D eigenvalue weighted by Gasteiger charge is -2.04. The standard InChI is InChI=1S/C7H3F6NO/c8-6(9,10)4-2-1-3(14-4)5(15)7(11,12)13/h1-2,14H. The average molecular weight is 231 g/mol. The molecule has 0 aromatic carbocycles. The van der Waals surface area contributed by atoms with E-state index in [-0.39, 0.29) is 0 Å². The van der Waals surface area contributed by atoms with E-state index in [0.717, 1.165) is 0 Å². The van der Waals surface area contributed by atoms with Crippen molar-refractivity contribution in [2.75, 3.05) is 0 Å². The zero-order chi connectivity index (χ0) is 11.9. The first-order chi connectivity index (χ1) is 6.62. The van der Waals surface area contributed by atoms with E-state index in [4.69, 9.17) is 0 Å². The number of carbonyl (C=O) groups is 1. The number of hydrogen-bond donors (Lipinski definition) is 1. The maximum atomic E-state index is 11.9. The first-order valence-electron chi connectivity index (χ1n) is 3.50. The molecule has 1 N–H and O–H groups in total. The molecule has 8 heteroatoms. The molecule has 0 saturated carbocycles. The first-order valence-corrected chi connectivity index (χ1v) is 3.50. The lowest BCUT2D eigenvalue weighted by molar-refractivity contribution is -0.140. The number of ketones is 1. The van der Waals surface area contributed by atoms with Gasteiger partial charge in [-0.3, -0.25) is 4.79 Å². The number of aromatic nitrogens is 1. The van der Waals surface area contributed by atoms with Crippen molar-refractivity contribution in [2.24, 2.45) is 0 Å². The second kappa shape index (κ2) is 3.28. The summed E-state index contributed by atoms with van der Waals surface area (Å²) in [5.74, 6) is -2.34. The predicted octanol–water partition coefficient (Wildman–Crippen LogP) is 2.78. The highest BCUT2D eigenvalue weighted by Gasteiger charge is 2.41. The molecule has 0 unspecified atom stereocenters. The van der Waals surface area contributed by atoms with Gasteiger partial charge in [-0.1, -0.05) is 0 Å². The van der Waals surface area contributed by atoms with Crippen LogP contribution in [0, 0.1) is 0 Å². The number of H-pyrrole nitrogens is 1. The largest absolute Gasteiger partial charge is 0.456 e. The number of alkyl halides is 6. The van der Waals surface area contributed by atoms with Crippen molar-refractivity contribution < 1.29 is 31.1 Å². The Kier molecular flexibility index (Phi) is 2.54. The molecule has 0 aliphatic carbocycles. The van der Waals surface area contributed by atoms with Crippen molar-refractivity contribution >= 4 is 5.78 Å². The molecule has 0 bridgehead atoms. The molecule has 1 rings (SSSR count). The predicted molar refractivity (Wildman–Crippen MR) is 36.2 cm³/mol. The molecule has 0 aliphatic rings. The van der Waals surface area contributed by atoms with Crippen molar-refractivity contribution in [3.05, 3.63) is 23.5 Å². The van der Waals surface area contributed by atoms with Crippen molar-refractivity contribution in [1.29, 1.82) is 0 Å². The van der Waals surface area contributed by atoms with E-state index in [0.29, 0.717) is 12.1 Å². The summed E-state index contributed by atoms with van der Waals surface area (Å²) in [6, 6.07) is 0.817. The third kappa shape index (κ3) is 2.51. The Labute approximate surface area is 78.9 Å². The van der Waals surface area contributed by atoms with Crippen molar-refractivity contribution in [2.45, 2.75) is 12.4 Å². The van der Waals surface area contributed by atoms with Gasteiger partial charge in [0.1, 0.15) is 5.69 Å². The monoisotopic (exact) mass is 231 g/mol. The molecular formula is C7H3F6NO. The van der Waals surface area contributed by atoms with E-state index in [2.05, 4.69) is 0 Å². The van der Waals surface area contributed by atoms with E-state index in [9.17, 15) is 31.1 Å². The summed E-state index contributed by atoms with van der Waals surface area (Å²) in [6.45, 7) is 0. The summed E-state index contributed by atoms with van der Waals surface area (Å²) in [5.41, 5.74) is -2.52. The number of rotatable bonds is 1. The van der Waals surface area contributed by atoms with Crippen LogP contribution < -0.4 is 0 Å². The van der Waals surface area contributed by atoms with Crippen LogP contribution in [0.15, 0.2) is 12.1 Å². The SMILES string of the molecule is O=C(c1ccc(C(F)(F)F)[nH]1)C(F)(F)F. The Morgan fingerprint density at radius 1 is 1.07 bits per heavy atom. The molecule has 0 aliphatic heterocycles. The smallest absolute Gasteiger partial charge is 0.348 e. The van der Waals surface area contributed by atoms with Gasteiger partial charge in [0, 0.05) is 0 Å². The van der Waals surface area contributed by atoms with Gasteiger partial charge in [-0.15, -0.1) is 0 Å². The minimum absolute atomic E-state index is 0.374. The van der Waals surface area contributed by atoms with E-state index >= 15 is 0 Å². The van der Waals surface area contributed by atoms with E-state index < -0.39 is 29.5 Å². The molecule has 0 spiro atoms. The van der Waals surface area contributed by atoms with E-state index in [1.54, 1.807) is 0 Å². The van der Waals surface area contributed by atoms with Gasteiger partial charge >= 0.3 is 12.4 Å². The summed E-state index contributed by atoms with van der Waals surface area (Å²) < 4.78 is 71.2. The highest BCUT2D eigenvalue weighted by atomic mass is 19.4. The van der Waals surface area contributed by atoms with Crippen molar-refractivity contribution in [3.63, 3.8) is 0 Å². The lowest BCUT2D eigenvalue weighted by atomic mass is 10.3. The Hall–Kier alpha value is -1.47. The molecule has 1 aromatic heterocycles. The number of nitrogens with one attached hydrogen (secondary N) is 1. The minimum atomic E-state index is -5.19. The van der Waals surface area contributed by atoms with Crippen LogP contribution in [0.4, 0.5) is 26.3 Å². The maximum Gasteiger partial charge on any atom is 0.456 e. The highest BCUT2D eigenvalue weighted by Crippen LogP contribution is 2.29. The highest BCUT2D eigenvalue weighted by molar-refractivity contribution is 5.98. The second-order valence-electron chi connectivity index (χ2n) is 2.61. The van der Waals surface area contributed by atoms with Crippen molar-refractivity contribution in [3.8, 4) is 0 Å². The Bertz CT molecular complexity index is 374. The van der Waals surface area contributed by atoms with Crippen LogP contribution in [-0.4, -0.2) is 16.9 Å². The molecular weight excluding hydrogens is 228 g/mol. The molecule has 1 heterocycles. The normalized spacial score (nSPS) is 12.9. The van der Waals surface area contributed by atoms with E-state index in [1.807, 2.05) is 0 Å².